The van der Waals surface area contributed by atoms with Crippen molar-refractivity contribution in [2.24, 2.45) is 0 Å². The molecule has 13 heteroatoms. The summed E-state index contributed by atoms with van der Waals surface area (Å²) in [6.45, 7) is 0. The van der Waals surface area contributed by atoms with Crippen molar-refractivity contribution in [3.8, 4) is 17.2 Å². The number of carbonyl (C=O) groups excluding carboxylic acids is 2. The van der Waals surface area contributed by atoms with Crippen LogP contribution >= 0.6 is 23.4 Å². The van der Waals surface area contributed by atoms with Crippen LogP contribution in [0.3, 0.4) is 0 Å². The molecule has 0 atom stereocenters. The summed E-state index contributed by atoms with van der Waals surface area (Å²) in [5.74, 6) is -1.27. The number of amides is 2. The number of nitrogens with zero attached hydrogens (tertiary/aromatic N) is 1. The van der Waals surface area contributed by atoms with Gasteiger partial charge in [-0.15, -0.1) is 0 Å². The van der Waals surface area contributed by atoms with Crippen molar-refractivity contribution in [1.29, 1.82) is 0 Å². The number of imide groups is 1. The molecule has 2 aromatic rings. The van der Waals surface area contributed by atoms with Crippen molar-refractivity contribution in [3.05, 3.63) is 61.5 Å². The molecular formula is C18H10ClF3N2O6S. The predicted octanol–water partition coefficient (Wildman–Crippen LogP) is 5.39. The molecule has 1 aliphatic heterocycles. The summed E-state index contributed by atoms with van der Waals surface area (Å²) < 4.78 is 49.2. The van der Waals surface area contributed by atoms with Crippen molar-refractivity contribution in [2.75, 3.05) is 7.11 Å². The fourth-order valence-corrected chi connectivity index (χ4v) is 3.47. The molecule has 2 aromatic carbocycles. The van der Waals surface area contributed by atoms with Crippen LogP contribution in [0.4, 0.5) is 23.7 Å². The van der Waals surface area contributed by atoms with Crippen molar-refractivity contribution in [1.82, 2.24) is 5.32 Å². The topological polar surface area (TPSA) is 108 Å². The summed E-state index contributed by atoms with van der Waals surface area (Å²) >= 11 is 6.87. The normalized spacial score (nSPS) is 15.2. The lowest BCUT2D eigenvalue weighted by atomic mass is 10.1. The Labute approximate surface area is 181 Å². The zero-order chi connectivity index (χ0) is 22.9. The molecule has 2 amide bonds. The van der Waals surface area contributed by atoms with E-state index in [2.05, 4.69) is 5.32 Å². The number of hydrogen-bond donors (Lipinski definition) is 1. The van der Waals surface area contributed by atoms with Gasteiger partial charge in [0.15, 0.2) is 11.5 Å². The first-order valence-corrected chi connectivity index (χ1v) is 9.35. The van der Waals surface area contributed by atoms with Gasteiger partial charge in [-0.25, -0.2) is 0 Å². The molecule has 1 aliphatic rings. The highest BCUT2D eigenvalue weighted by Gasteiger charge is 2.34. The van der Waals surface area contributed by atoms with E-state index in [4.69, 9.17) is 21.1 Å². The molecule has 3 rings (SSSR count). The average Bonchev–Trinajstić information content (AvgIpc) is 2.99. The summed E-state index contributed by atoms with van der Waals surface area (Å²) in [5, 5.41) is 12.7. The lowest BCUT2D eigenvalue weighted by Crippen LogP contribution is -2.17. The van der Waals surface area contributed by atoms with Crippen LogP contribution in [0.2, 0.25) is 5.02 Å². The monoisotopic (exact) mass is 474 g/mol. The highest BCUT2D eigenvalue weighted by molar-refractivity contribution is 8.18. The van der Waals surface area contributed by atoms with E-state index in [0.717, 1.165) is 6.07 Å². The molecule has 31 heavy (non-hydrogen) atoms. The summed E-state index contributed by atoms with van der Waals surface area (Å²) in [6, 6.07) is 4.49. The fraction of sp³-hybridized carbons (Fsp3) is 0.111. The number of methoxy groups -OCH3 is 1. The van der Waals surface area contributed by atoms with E-state index < -0.39 is 39.2 Å². The van der Waals surface area contributed by atoms with Crippen molar-refractivity contribution < 1.29 is 37.2 Å². The van der Waals surface area contributed by atoms with E-state index in [1.165, 1.54) is 25.3 Å². The minimum absolute atomic E-state index is 0.0109. The lowest BCUT2D eigenvalue weighted by Gasteiger charge is -2.14. The highest BCUT2D eigenvalue weighted by Crippen LogP contribution is 2.44. The van der Waals surface area contributed by atoms with Gasteiger partial charge >= 0.3 is 11.9 Å². The Balaban J connectivity index is 2.01. The van der Waals surface area contributed by atoms with Crippen LogP contribution in [0.15, 0.2) is 35.2 Å². The largest absolute Gasteiger partial charge is 0.493 e. The Morgan fingerprint density at radius 3 is 2.45 bits per heavy atom. The molecule has 162 valence electrons. The zero-order valence-electron chi connectivity index (χ0n) is 15.3. The zero-order valence-corrected chi connectivity index (χ0v) is 16.9. The Hall–Kier alpha value is -3.25. The fourth-order valence-electron chi connectivity index (χ4n) is 2.53. The molecule has 8 nitrogen and oxygen atoms in total. The third-order valence-electron chi connectivity index (χ3n) is 3.89. The summed E-state index contributed by atoms with van der Waals surface area (Å²) in [7, 11) is 1.25. The first-order valence-electron chi connectivity index (χ1n) is 8.15. The van der Waals surface area contributed by atoms with Crippen LogP contribution in [0, 0.1) is 10.1 Å². The van der Waals surface area contributed by atoms with Crippen LogP contribution in [-0.4, -0.2) is 23.2 Å². The van der Waals surface area contributed by atoms with Gasteiger partial charge in [-0.2, -0.15) is 13.2 Å². The molecule has 0 bridgehead atoms. The quantitative estimate of drug-likeness (QED) is 0.351. The number of nitrogens with one attached hydrogen (secondary N) is 1. The first kappa shape index (κ1) is 22.4. The molecular weight excluding hydrogens is 465 g/mol. The standard InChI is InChI=1S/C18H10ClF3N2O6S/c1-29-13-5-8(6-14-16(25)23-17(26)31-14)4-10(19)15(13)30-12-3-2-9(18(20,21)22)7-11(12)24(27)28/h2-7H,1H3,(H,23,25,26)/b14-6-. The van der Waals surface area contributed by atoms with Crippen molar-refractivity contribution in [3.63, 3.8) is 0 Å². The molecule has 0 spiro atoms. The molecule has 1 heterocycles. The maximum atomic E-state index is 12.9. The maximum Gasteiger partial charge on any atom is 0.416 e. The van der Waals surface area contributed by atoms with Crippen molar-refractivity contribution in [2.45, 2.75) is 6.18 Å². The van der Waals surface area contributed by atoms with E-state index in [9.17, 15) is 32.9 Å². The number of halogens is 4. The van der Waals surface area contributed by atoms with Gasteiger partial charge < -0.3 is 9.47 Å². The summed E-state index contributed by atoms with van der Waals surface area (Å²) in [5.41, 5.74) is -1.78. The van der Waals surface area contributed by atoms with Gasteiger partial charge in [0, 0.05) is 6.07 Å². The van der Waals surface area contributed by atoms with Crippen LogP contribution in [-0.2, 0) is 11.0 Å². The van der Waals surface area contributed by atoms with E-state index in [1.807, 2.05) is 0 Å². The van der Waals surface area contributed by atoms with E-state index in [1.54, 1.807) is 0 Å². The third-order valence-corrected chi connectivity index (χ3v) is 4.98. The maximum absolute atomic E-state index is 12.9. The number of thioether (sulfide) groups is 1. The molecule has 1 saturated heterocycles. The number of carbonyl (C=O) groups is 2. The van der Waals surface area contributed by atoms with Crippen LogP contribution in [0.25, 0.3) is 6.08 Å². The van der Waals surface area contributed by atoms with Gasteiger partial charge in [-0.1, -0.05) is 11.6 Å². The Kier molecular flexibility index (Phi) is 6.13. The third kappa shape index (κ3) is 4.91. The minimum atomic E-state index is -4.78. The van der Waals surface area contributed by atoms with Gasteiger partial charge in [0.05, 0.1) is 27.5 Å². The molecule has 1 N–H and O–H groups in total. The minimum Gasteiger partial charge on any atom is -0.493 e. The van der Waals surface area contributed by atoms with E-state index >= 15 is 0 Å². The second-order valence-corrected chi connectivity index (χ2v) is 7.35. The number of nitro groups is 1. The number of rotatable bonds is 5. The van der Waals surface area contributed by atoms with Gasteiger partial charge in [0.2, 0.25) is 5.75 Å². The molecule has 0 saturated carbocycles. The number of alkyl halides is 3. The van der Waals surface area contributed by atoms with Gasteiger partial charge in [-0.05, 0) is 47.7 Å². The second-order valence-electron chi connectivity index (χ2n) is 5.93. The highest BCUT2D eigenvalue weighted by atomic mass is 35.5. The molecule has 0 aliphatic carbocycles. The van der Waals surface area contributed by atoms with Crippen LogP contribution in [0.1, 0.15) is 11.1 Å². The van der Waals surface area contributed by atoms with E-state index in [0.29, 0.717) is 29.5 Å². The van der Waals surface area contributed by atoms with Crippen LogP contribution in [0.5, 0.6) is 17.2 Å². The Morgan fingerprint density at radius 1 is 1.19 bits per heavy atom. The number of ether oxygens (including phenoxy) is 2. The summed E-state index contributed by atoms with van der Waals surface area (Å²) in [4.78, 5) is 33.3. The number of benzene rings is 2. The second kappa shape index (κ2) is 8.47. The number of nitro benzene ring substituents is 1. The van der Waals surface area contributed by atoms with Gasteiger partial charge in [-0.3, -0.25) is 25.0 Å². The lowest BCUT2D eigenvalue weighted by molar-refractivity contribution is -0.385. The first-order chi connectivity index (χ1) is 14.5. The smallest absolute Gasteiger partial charge is 0.416 e. The Bertz CT molecular complexity index is 1140. The van der Waals surface area contributed by atoms with Gasteiger partial charge in [0.25, 0.3) is 11.1 Å². The van der Waals surface area contributed by atoms with Crippen LogP contribution < -0.4 is 14.8 Å². The molecule has 1 fully saturated rings. The molecule has 0 aromatic heterocycles. The SMILES string of the molecule is COc1cc(/C=C2\SC(=O)NC2=O)cc(Cl)c1Oc1ccc(C(F)(F)F)cc1[N+](=O)[O-]. The average molecular weight is 475 g/mol. The molecule has 0 unspecified atom stereocenters. The Morgan fingerprint density at radius 2 is 1.90 bits per heavy atom. The predicted molar refractivity (Wildman–Crippen MR) is 105 cm³/mol. The number of hydrogen-bond acceptors (Lipinski definition) is 7. The molecule has 0 radical (unpaired) electrons. The van der Waals surface area contributed by atoms with E-state index in [-0.39, 0.29) is 21.4 Å². The van der Waals surface area contributed by atoms with Gasteiger partial charge in [0.1, 0.15) is 0 Å². The summed E-state index contributed by atoms with van der Waals surface area (Å²) in [6.07, 6.45) is -3.41. The van der Waals surface area contributed by atoms with Crippen molar-refractivity contribution >= 4 is 46.3 Å².